The molecule has 1 saturated carbocycles. The fraction of sp³-hybridized carbons (Fsp3) is 0.625. The van der Waals surface area contributed by atoms with Gasteiger partial charge < -0.3 is 4.74 Å². The monoisotopic (exact) mass is 309 g/mol. The van der Waals surface area contributed by atoms with Crippen LogP contribution in [0.15, 0.2) is 23.1 Å². The molecular weight excluding hydrogens is 286 g/mol. The Kier molecular flexibility index (Phi) is 3.97. The van der Waals surface area contributed by atoms with Crippen LogP contribution in [0.1, 0.15) is 37.7 Å². The minimum atomic E-state index is -3.39. The highest BCUT2D eigenvalue weighted by molar-refractivity contribution is 7.89. The summed E-state index contributed by atoms with van der Waals surface area (Å²) in [4.78, 5) is 0.425. The minimum absolute atomic E-state index is 0.213. The summed E-state index contributed by atoms with van der Waals surface area (Å²) in [6, 6.07) is 5.42. The third kappa shape index (κ3) is 2.57. The fourth-order valence-electron chi connectivity index (χ4n) is 3.52. The fourth-order valence-corrected chi connectivity index (χ4v) is 5.49. The molecule has 0 bridgehead atoms. The number of aryl methyl sites for hydroxylation is 1. The van der Waals surface area contributed by atoms with Gasteiger partial charge in [0.1, 0.15) is 5.75 Å². The first-order chi connectivity index (χ1) is 10.0. The van der Waals surface area contributed by atoms with Crippen LogP contribution in [-0.2, 0) is 10.0 Å². The highest BCUT2D eigenvalue weighted by Crippen LogP contribution is 2.40. The number of benzene rings is 1. The maximum Gasteiger partial charge on any atom is 0.243 e. The SMILES string of the molecule is COc1ccc(S(=O)(=O)N2CCCC2C2CCC2)c(C)c1. The molecule has 2 fully saturated rings. The molecule has 1 aromatic carbocycles. The molecule has 116 valence electrons. The standard InChI is InChI=1S/C16H23NO3S/c1-12-11-14(20-2)8-9-16(12)21(18,19)17-10-4-7-15(17)13-5-3-6-13/h8-9,11,13,15H,3-7,10H2,1-2H3. The van der Waals surface area contributed by atoms with E-state index in [4.69, 9.17) is 4.74 Å². The van der Waals surface area contributed by atoms with Gasteiger partial charge in [0.05, 0.1) is 12.0 Å². The third-order valence-corrected chi connectivity index (χ3v) is 7.00. The van der Waals surface area contributed by atoms with Crippen LogP contribution in [0.3, 0.4) is 0 Å². The Bertz CT molecular complexity index is 622. The highest BCUT2D eigenvalue weighted by atomic mass is 32.2. The molecule has 0 amide bonds. The van der Waals surface area contributed by atoms with Gasteiger partial charge >= 0.3 is 0 Å². The topological polar surface area (TPSA) is 46.6 Å². The van der Waals surface area contributed by atoms with Crippen molar-refractivity contribution in [3.63, 3.8) is 0 Å². The van der Waals surface area contributed by atoms with Crippen molar-refractivity contribution in [3.8, 4) is 5.75 Å². The Balaban J connectivity index is 1.92. The van der Waals surface area contributed by atoms with E-state index in [-0.39, 0.29) is 6.04 Å². The zero-order valence-electron chi connectivity index (χ0n) is 12.7. The summed E-state index contributed by atoms with van der Waals surface area (Å²) < 4.78 is 32.9. The van der Waals surface area contributed by atoms with Gasteiger partial charge in [-0.1, -0.05) is 6.42 Å². The Hall–Kier alpha value is -1.07. The Morgan fingerprint density at radius 1 is 1.19 bits per heavy atom. The van der Waals surface area contributed by atoms with E-state index in [1.165, 1.54) is 19.3 Å². The minimum Gasteiger partial charge on any atom is -0.497 e. The van der Waals surface area contributed by atoms with Crippen LogP contribution in [0.2, 0.25) is 0 Å². The molecule has 5 heteroatoms. The van der Waals surface area contributed by atoms with E-state index in [0.29, 0.717) is 23.1 Å². The molecular formula is C16H23NO3S. The molecule has 0 radical (unpaired) electrons. The molecule has 2 aliphatic rings. The number of hydrogen-bond acceptors (Lipinski definition) is 3. The number of sulfonamides is 1. The summed E-state index contributed by atoms with van der Waals surface area (Å²) in [5, 5.41) is 0. The molecule has 0 aromatic heterocycles. The largest absolute Gasteiger partial charge is 0.497 e. The Labute approximate surface area is 127 Å². The molecule has 0 N–H and O–H groups in total. The summed E-state index contributed by atoms with van der Waals surface area (Å²) in [7, 11) is -1.79. The molecule has 0 spiro atoms. The number of rotatable bonds is 4. The normalized spacial score (nSPS) is 24.0. The number of methoxy groups -OCH3 is 1. The first-order valence-electron chi connectivity index (χ1n) is 7.70. The van der Waals surface area contributed by atoms with Crippen molar-refractivity contribution in [2.45, 2.75) is 50.0 Å². The lowest BCUT2D eigenvalue weighted by atomic mass is 9.79. The molecule has 1 heterocycles. The number of hydrogen-bond donors (Lipinski definition) is 0. The molecule has 1 saturated heterocycles. The van der Waals surface area contributed by atoms with Crippen LogP contribution in [0, 0.1) is 12.8 Å². The van der Waals surface area contributed by atoms with Crippen molar-refractivity contribution in [1.29, 1.82) is 0 Å². The molecule has 4 nitrogen and oxygen atoms in total. The summed E-state index contributed by atoms with van der Waals surface area (Å²) in [5.74, 6) is 1.27. The van der Waals surface area contributed by atoms with E-state index in [1.54, 1.807) is 29.6 Å². The van der Waals surface area contributed by atoms with Gasteiger partial charge in [-0.15, -0.1) is 0 Å². The zero-order valence-corrected chi connectivity index (χ0v) is 13.5. The third-order valence-electron chi connectivity index (χ3n) is 4.91. The summed E-state index contributed by atoms with van der Waals surface area (Å²) >= 11 is 0. The molecule has 21 heavy (non-hydrogen) atoms. The van der Waals surface area contributed by atoms with Gasteiger partial charge in [-0.3, -0.25) is 0 Å². The van der Waals surface area contributed by atoms with Crippen LogP contribution in [0.25, 0.3) is 0 Å². The molecule has 3 rings (SSSR count). The highest BCUT2D eigenvalue weighted by Gasteiger charge is 2.41. The van der Waals surface area contributed by atoms with E-state index >= 15 is 0 Å². The molecule has 1 aliphatic carbocycles. The van der Waals surface area contributed by atoms with E-state index in [1.807, 2.05) is 6.92 Å². The van der Waals surface area contributed by atoms with Gasteiger partial charge in [-0.05, 0) is 62.3 Å². The maximum atomic E-state index is 13.0. The molecule has 1 aromatic rings. The van der Waals surface area contributed by atoms with Crippen LogP contribution < -0.4 is 4.74 Å². The van der Waals surface area contributed by atoms with Crippen molar-refractivity contribution in [1.82, 2.24) is 4.31 Å². The van der Waals surface area contributed by atoms with E-state index < -0.39 is 10.0 Å². The van der Waals surface area contributed by atoms with Crippen molar-refractivity contribution in [2.75, 3.05) is 13.7 Å². The van der Waals surface area contributed by atoms with Crippen molar-refractivity contribution in [3.05, 3.63) is 23.8 Å². The Morgan fingerprint density at radius 3 is 2.52 bits per heavy atom. The molecule has 1 unspecified atom stereocenters. The first kappa shape index (κ1) is 14.9. The van der Waals surface area contributed by atoms with Crippen molar-refractivity contribution in [2.24, 2.45) is 5.92 Å². The second-order valence-corrected chi connectivity index (χ2v) is 8.01. The first-order valence-corrected chi connectivity index (χ1v) is 9.14. The van der Waals surface area contributed by atoms with E-state index in [2.05, 4.69) is 0 Å². The average molecular weight is 309 g/mol. The van der Waals surface area contributed by atoms with Gasteiger partial charge in [0.2, 0.25) is 10.0 Å². The Morgan fingerprint density at radius 2 is 1.95 bits per heavy atom. The van der Waals surface area contributed by atoms with Gasteiger partial charge in [0, 0.05) is 12.6 Å². The summed E-state index contributed by atoms with van der Waals surface area (Å²) in [5.41, 5.74) is 0.758. The molecule has 1 aliphatic heterocycles. The second kappa shape index (κ2) is 5.61. The average Bonchev–Trinajstić information content (AvgIpc) is 2.85. The number of nitrogens with zero attached hydrogens (tertiary/aromatic N) is 1. The van der Waals surface area contributed by atoms with Crippen molar-refractivity contribution < 1.29 is 13.2 Å². The summed E-state index contributed by atoms with van der Waals surface area (Å²) in [6.07, 6.45) is 5.60. The summed E-state index contributed by atoms with van der Waals surface area (Å²) in [6.45, 7) is 2.50. The van der Waals surface area contributed by atoms with Gasteiger partial charge in [-0.25, -0.2) is 8.42 Å². The van der Waals surface area contributed by atoms with Crippen LogP contribution in [0.4, 0.5) is 0 Å². The van der Waals surface area contributed by atoms with Gasteiger partial charge in [0.15, 0.2) is 0 Å². The van der Waals surface area contributed by atoms with E-state index in [0.717, 1.165) is 18.4 Å². The maximum absolute atomic E-state index is 13.0. The van der Waals surface area contributed by atoms with Crippen LogP contribution in [-0.4, -0.2) is 32.4 Å². The second-order valence-electron chi connectivity index (χ2n) is 6.15. The lowest BCUT2D eigenvalue weighted by Crippen LogP contribution is -2.42. The van der Waals surface area contributed by atoms with Crippen LogP contribution in [0.5, 0.6) is 5.75 Å². The van der Waals surface area contributed by atoms with Crippen LogP contribution >= 0.6 is 0 Å². The lowest BCUT2D eigenvalue weighted by Gasteiger charge is -2.36. The van der Waals surface area contributed by atoms with Crippen molar-refractivity contribution >= 4 is 10.0 Å². The van der Waals surface area contributed by atoms with E-state index in [9.17, 15) is 8.42 Å². The lowest BCUT2D eigenvalue weighted by molar-refractivity contribution is 0.191. The quantitative estimate of drug-likeness (QED) is 0.859. The zero-order chi connectivity index (χ0) is 15.0. The smallest absolute Gasteiger partial charge is 0.243 e. The number of ether oxygens (including phenoxy) is 1. The van der Waals surface area contributed by atoms with Gasteiger partial charge in [-0.2, -0.15) is 4.31 Å². The van der Waals surface area contributed by atoms with Gasteiger partial charge in [0.25, 0.3) is 0 Å². The predicted molar refractivity (Wildman–Crippen MR) is 82.0 cm³/mol. The molecule has 1 atom stereocenters. The predicted octanol–water partition coefficient (Wildman–Crippen LogP) is 2.96.